The second-order valence-corrected chi connectivity index (χ2v) is 8.47. The Labute approximate surface area is 176 Å². The molecular weight excluding hydrogens is 390 g/mol. The number of rotatable bonds is 4. The minimum atomic E-state index is -0.571. The van der Waals surface area contributed by atoms with E-state index in [1.54, 1.807) is 13.2 Å². The van der Waals surface area contributed by atoms with Crippen molar-refractivity contribution in [2.75, 3.05) is 20.2 Å². The number of halogens is 1. The number of methoxy groups -OCH3 is 1. The highest BCUT2D eigenvalue weighted by molar-refractivity contribution is 6.33. The van der Waals surface area contributed by atoms with Crippen LogP contribution in [0.15, 0.2) is 42.5 Å². The van der Waals surface area contributed by atoms with E-state index in [1.807, 2.05) is 48.2 Å². The highest BCUT2D eigenvalue weighted by Crippen LogP contribution is 2.40. The Kier molecular flexibility index (Phi) is 5.70. The fourth-order valence-electron chi connectivity index (χ4n) is 4.54. The lowest BCUT2D eigenvalue weighted by Crippen LogP contribution is -2.42. The number of fused-ring (bicyclic) bond motifs is 1. The number of aryl methyl sites for hydroxylation is 1. The predicted octanol–water partition coefficient (Wildman–Crippen LogP) is 3.95. The predicted molar refractivity (Wildman–Crippen MR) is 112 cm³/mol. The summed E-state index contributed by atoms with van der Waals surface area (Å²) in [5, 5.41) is 11.2. The molecule has 0 bridgehead atoms. The number of likely N-dealkylation sites (tertiary alicyclic amines) is 1. The molecule has 0 spiro atoms. The first-order chi connectivity index (χ1) is 14.0. The molecule has 5 nitrogen and oxygen atoms in total. The minimum Gasteiger partial charge on any atom is -0.493 e. The van der Waals surface area contributed by atoms with Gasteiger partial charge in [-0.25, -0.2) is 0 Å². The van der Waals surface area contributed by atoms with Crippen molar-refractivity contribution in [3.63, 3.8) is 0 Å². The molecule has 0 unspecified atom stereocenters. The van der Waals surface area contributed by atoms with Crippen molar-refractivity contribution < 1.29 is 19.4 Å². The monoisotopic (exact) mass is 415 g/mol. The van der Waals surface area contributed by atoms with Crippen molar-refractivity contribution >= 4 is 17.5 Å². The maximum atomic E-state index is 13.0. The number of hydrogen-bond acceptors (Lipinski definition) is 4. The van der Waals surface area contributed by atoms with Gasteiger partial charge in [0.2, 0.25) is 0 Å². The van der Waals surface area contributed by atoms with Gasteiger partial charge < -0.3 is 19.5 Å². The molecule has 6 heteroatoms. The van der Waals surface area contributed by atoms with E-state index in [4.69, 9.17) is 21.1 Å². The number of aliphatic hydroxyl groups excluding tert-OH is 1. The average molecular weight is 416 g/mol. The molecule has 1 N–H and O–H groups in total. The van der Waals surface area contributed by atoms with Gasteiger partial charge in [-0.1, -0.05) is 35.4 Å². The summed E-state index contributed by atoms with van der Waals surface area (Å²) in [6, 6.07) is 13.0. The lowest BCUT2D eigenvalue weighted by atomic mass is 9.78. The quantitative estimate of drug-likeness (QED) is 0.821. The molecule has 1 aliphatic carbocycles. The van der Waals surface area contributed by atoms with Gasteiger partial charge in [-0.3, -0.25) is 4.79 Å². The first-order valence-corrected chi connectivity index (χ1v) is 10.4. The number of para-hydroxylation sites is 2. The summed E-state index contributed by atoms with van der Waals surface area (Å²) >= 11 is 6.27. The lowest BCUT2D eigenvalue weighted by molar-refractivity contribution is -0.0240. The van der Waals surface area contributed by atoms with Crippen LogP contribution in [0, 0.1) is 18.8 Å². The molecule has 154 valence electrons. The molecule has 1 saturated heterocycles. The molecule has 2 aromatic rings. The van der Waals surface area contributed by atoms with E-state index in [9.17, 15) is 9.90 Å². The van der Waals surface area contributed by atoms with Crippen molar-refractivity contribution in [3.05, 3.63) is 58.6 Å². The van der Waals surface area contributed by atoms with Gasteiger partial charge >= 0.3 is 0 Å². The standard InChI is InChI=1S/C23H26ClNO4/c1-14-7-8-18(24)17(9-14)23(27)25-12-15-10-19(26)22(11-16(15)13-25)29-21-6-4-3-5-20(21)28-2/h3-9,15-16,19,22,26H,10-13H2,1-2H3/t15-,16+,19+,22+/m0/s1. The number of amides is 1. The van der Waals surface area contributed by atoms with Gasteiger partial charge in [-0.05, 0) is 55.9 Å². The van der Waals surface area contributed by atoms with E-state index < -0.39 is 6.10 Å². The summed E-state index contributed by atoms with van der Waals surface area (Å²) in [7, 11) is 1.60. The van der Waals surface area contributed by atoms with E-state index in [0.29, 0.717) is 53.9 Å². The van der Waals surface area contributed by atoms with Crippen molar-refractivity contribution in [2.45, 2.75) is 32.0 Å². The van der Waals surface area contributed by atoms with Crippen LogP contribution in [0.5, 0.6) is 11.5 Å². The molecule has 4 atom stereocenters. The zero-order valence-corrected chi connectivity index (χ0v) is 17.4. The Morgan fingerprint density at radius 3 is 2.52 bits per heavy atom. The molecular formula is C23H26ClNO4. The fraction of sp³-hybridized carbons (Fsp3) is 0.435. The number of carbonyl (C=O) groups is 1. The zero-order chi connectivity index (χ0) is 20.5. The maximum Gasteiger partial charge on any atom is 0.255 e. The SMILES string of the molecule is COc1ccccc1O[C@@H]1C[C@@H]2CN(C(=O)c3cc(C)ccc3Cl)C[C@@H]2C[C@H]1O. The van der Waals surface area contributed by atoms with Crippen LogP contribution in [0.3, 0.4) is 0 Å². The van der Waals surface area contributed by atoms with Gasteiger partial charge in [-0.2, -0.15) is 0 Å². The van der Waals surface area contributed by atoms with E-state index in [0.717, 1.165) is 5.56 Å². The molecule has 2 aromatic carbocycles. The van der Waals surface area contributed by atoms with Crippen molar-refractivity contribution in [1.29, 1.82) is 0 Å². The Morgan fingerprint density at radius 2 is 1.79 bits per heavy atom. The molecule has 1 saturated carbocycles. The smallest absolute Gasteiger partial charge is 0.255 e. The van der Waals surface area contributed by atoms with Crippen LogP contribution in [0.4, 0.5) is 0 Å². The van der Waals surface area contributed by atoms with E-state index in [-0.39, 0.29) is 17.9 Å². The summed E-state index contributed by atoms with van der Waals surface area (Å²) in [5.74, 6) is 1.82. The van der Waals surface area contributed by atoms with Crippen molar-refractivity contribution in [3.8, 4) is 11.5 Å². The van der Waals surface area contributed by atoms with Crippen LogP contribution in [-0.4, -0.2) is 48.3 Å². The van der Waals surface area contributed by atoms with Gasteiger partial charge in [0.15, 0.2) is 11.5 Å². The van der Waals surface area contributed by atoms with Gasteiger partial charge in [-0.15, -0.1) is 0 Å². The molecule has 0 aromatic heterocycles. The third-order valence-corrected chi connectivity index (χ3v) is 6.40. The summed E-state index contributed by atoms with van der Waals surface area (Å²) in [4.78, 5) is 14.9. The zero-order valence-electron chi connectivity index (χ0n) is 16.7. The molecule has 29 heavy (non-hydrogen) atoms. The molecule has 4 rings (SSSR count). The van der Waals surface area contributed by atoms with E-state index >= 15 is 0 Å². The third-order valence-electron chi connectivity index (χ3n) is 6.07. The summed E-state index contributed by atoms with van der Waals surface area (Å²) in [6.07, 6.45) is 0.439. The first kappa shape index (κ1) is 20.0. The van der Waals surface area contributed by atoms with Crippen LogP contribution in [0.2, 0.25) is 5.02 Å². The molecule has 2 fully saturated rings. The molecule has 1 heterocycles. The van der Waals surface area contributed by atoms with Crippen LogP contribution in [0.25, 0.3) is 0 Å². The number of nitrogens with zero attached hydrogens (tertiary/aromatic N) is 1. The van der Waals surface area contributed by atoms with Crippen LogP contribution in [-0.2, 0) is 0 Å². The number of aliphatic hydroxyl groups is 1. The minimum absolute atomic E-state index is 0.0372. The summed E-state index contributed by atoms with van der Waals surface area (Å²) in [5.41, 5.74) is 1.56. The Bertz CT molecular complexity index is 902. The maximum absolute atomic E-state index is 13.0. The van der Waals surface area contributed by atoms with Crippen LogP contribution >= 0.6 is 11.6 Å². The Balaban J connectivity index is 1.46. The Morgan fingerprint density at radius 1 is 1.10 bits per heavy atom. The number of hydrogen-bond donors (Lipinski definition) is 1. The van der Waals surface area contributed by atoms with Gasteiger partial charge in [0.25, 0.3) is 5.91 Å². The molecule has 0 radical (unpaired) electrons. The normalized spacial score (nSPS) is 26.1. The van der Waals surface area contributed by atoms with Gasteiger partial charge in [0.05, 0.1) is 23.8 Å². The van der Waals surface area contributed by atoms with Crippen LogP contribution < -0.4 is 9.47 Å². The summed E-state index contributed by atoms with van der Waals surface area (Å²) in [6.45, 7) is 3.26. The molecule has 1 aliphatic heterocycles. The number of benzene rings is 2. The number of ether oxygens (including phenoxy) is 2. The third kappa shape index (κ3) is 4.07. The summed E-state index contributed by atoms with van der Waals surface area (Å²) < 4.78 is 11.5. The second kappa shape index (κ2) is 8.25. The lowest BCUT2D eigenvalue weighted by Gasteiger charge is -2.35. The largest absolute Gasteiger partial charge is 0.493 e. The Hall–Kier alpha value is -2.24. The molecule has 1 amide bonds. The first-order valence-electron chi connectivity index (χ1n) is 9.99. The van der Waals surface area contributed by atoms with E-state index in [1.165, 1.54) is 0 Å². The highest BCUT2D eigenvalue weighted by atomic mass is 35.5. The fourth-order valence-corrected chi connectivity index (χ4v) is 4.73. The van der Waals surface area contributed by atoms with Gasteiger partial charge in [0, 0.05) is 13.1 Å². The number of carbonyl (C=O) groups excluding carboxylic acids is 1. The topological polar surface area (TPSA) is 59.0 Å². The van der Waals surface area contributed by atoms with E-state index in [2.05, 4.69) is 0 Å². The molecule has 2 aliphatic rings. The second-order valence-electron chi connectivity index (χ2n) is 8.06. The van der Waals surface area contributed by atoms with Crippen molar-refractivity contribution in [2.24, 2.45) is 11.8 Å². The van der Waals surface area contributed by atoms with Crippen LogP contribution in [0.1, 0.15) is 28.8 Å². The highest BCUT2D eigenvalue weighted by Gasteiger charge is 2.44. The average Bonchev–Trinajstić information content (AvgIpc) is 3.12. The van der Waals surface area contributed by atoms with Gasteiger partial charge in [0.1, 0.15) is 6.10 Å². The van der Waals surface area contributed by atoms with Crippen molar-refractivity contribution in [1.82, 2.24) is 4.90 Å².